The molecule has 178 valence electrons. The van der Waals surface area contributed by atoms with E-state index in [0.29, 0.717) is 23.5 Å². The molecule has 0 saturated heterocycles. The summed E-state index contributed by atoms with van der Waals surface area (Å²) >= 11 is 0. The molecule has 4 rings (SSSR count). The maximum Gasteiger partial charge on any atom is 0.275 e. The van der Waals surface area contributed by atoms with Crippen LogP contribution < -0.4 is 15.4 Å². The van der Waals surface area contributed by atoms with E-state index in [1.807, 2.05) is 48.5 Å². The molecule has 0 fully saturated rings. The molecule has 35 heavy (non-hydrogen) atoms. The highest BCUT2D eigenvalue weighted by Gasteiger charge is 2.12. The van der Waals surface area contributed by atoms with Crippen molar-refractivity contribution < 1.29 is 18.7 Å². The molecule has 0 saturated carbocycles. The predicted molar refractivity (Wildman–Crippen MR) is 132 cm³/mol. The van der Waals surface area contributed by atoms with Gasteiger partial charge in [0.2, 0.25) is 5.91 Å². The lowest BCUT2D eigenvalue weighted by atomic mass is 10.1. The Morgan fingerprint density at radius 2 is 1.69 bits per heavy atom. The van der Waals surface area contributed by atoms with E-state index in [1.54, 1.807) is 31.1 Å². The second-order valence-electron chi connectivity index (χ2n) is 8.11. The molecular weight excluding hydrogens is 447 g/mol. The van der Waals surface area contributed by atoms with Crippen LogP contribution in [0.1, 0.15) is 27.2 Å². The maximum absolute atomic E-state index is 13.3. The molecule has 0 unspecified atom stereocenters. The Morgan fingerprint density at radius 3 is 2.37 bits per heavy atom. The van der Waals surface area contributed by atoms with E-state index in [1.165, 1.54) is 18.2 Å². The second kappa shape index (κ2) is 10.6. The normalized spacial score (nSPS) is 10.6. The molecule has 1 heterocycles. The molecule has 0 radical (unpaired) electrons. The van der Waals surface area contributed by atoms with Crippen molar-refractivity contribution in [2.45, 2.75) is 19.9 Å². The predicted octanol–water partition coefficient (Wildman–Crippen LogP) is 4.82. The monoisotopic (exact) mass is 472 g/mol. The van der Waals surface area contributed by atoms with Crippen LogP contribution in [-0.2, 0) is 17.8 Å². The molecule has 0 atom stereocenters. The van der Waals surface area contributed by atoms with Gasteiger partial charge >= 0.3 is 0 Å². The zero-order valence-corrected chi connectivity index (χ0v) is 19.4. The summed E-state index contributed by atoms with van der Waals surface area (Å²) in [5.41, 5.74) is 4.01. The van der Waals surface area contributed by atoms with Gasteiger partial charge in [-0.2, -0.15) is 0 Å². The van der Waals surface area contributed by atoms with E-state index in [0.717, 1.165) is 16.9 Å². The number of aryl methyl sites for hydroxylation is 1. The summed E-state index contributed by atoms with van der Waals surface area (Å²) in [5.74, 6) is -0.0797. The van der Waals surface area contributed by atoms with Crippen LogP contribution in [0.2, 0.25) is 0 Å². The lowest BCUT2D eigenvalue weighted by molar-refractivity contribution is -0.115. The number of imidazole rings is 1. The molecule has 0 spiro atoms. The van der Waals surface area contributed by atoms with Crippen LogP contribution in [-0.4, -0.2) is 28.5 Å². The minimum absolute atomic E-state index is 0.107. The van der Waals surface area contributed by atoms with Gasteiger partial charge in [-0.25, -0.2) is 9.37 Å². The van der Waals surface area contributed by atoms with E-state index in [9.17, 15) is 14.0 Å². The number of anilines is 2. The van der Waals surface area contributed by atoms with Gasteiger partial charge in [-0.05, 0) is 66.1 Å². The first-order valence-electron chi connectivity index (χ1n) is 11.0. The number of hydrogen-bond donors (Lipinski definition) is 2. The Morgan fingerprint density at radius 1 is 0.971 bits per heavy atom. The zero-order chi connectivity index (χ0) is 24.8. The Hall–Kier alpha value is -4.46. The van der Waals surface area contributed by atoms with Crippen molar-refractivity contribution in [3.63, 3.8) is 0 Å². The Labute approximate surface area is 202 Å². The summed E-state index contributed by atoms with van der Waals surface area (Å²) in [6.45, 7) is 2.23. The fourth-order valence-corrected chi connectivity index (χ4v) is 3.56. The summed E-state index contributed by atoms with van der Waals surface area (Å²) in [4.78, 5) is 29.0. The number of rotatable bonds is 8. The smallest absolute Gasteiger partial charge is 0.275 e. The fourth-order valence-electron chi connectivity index (χ4n) is 3.56. The van der Waals surface area contributed by atoms with Gasteiger partial charge in [0.05, 0.1) is 19.9 Å². The number of benzene rings is 3. The molecule has 2 amide bonds. The SMILES string of the molecule is COc1ccc(CC(=O)Nc2ccc(Cn3cnc(C(=O)Nc4ccc(F)cc4C)c3)cc2)cc1. The van der Waals surface area contributed by atoms with Gasteiger partial charge in [0, 0.05) is 24.1 Å². The number of nitrogens with zero attached hydrogens (tertiary/aromatic N) is 2. The minimum Gasteiger partial charge on any atom is -0.497 e. The fraction of sp³-hybridized carbons (Fsp3) is 0.148. The number of carbonyl (C=O) groups is 2. The van der Waals surface area contributed by atoms with Crippen molar-refractivity contribution in [1.29, 1.82) is 0 Å². The topological polar surface area (TPSA) is 85.2 Å². The molecule has 8 heteroatoms. The third kappa shape index (κ3) is 6.32. The molecule has 0 aliphatic carbocycles. The number of nitrogens with one attached hydrogen (secondary N) is 2. The third-order valence-electron chi connectivity index (χ3n) is 5.43. The molecule has 4 aromatic rings. The van der Waals surface area contributed by atoms with Gasteiger partial charge in [-0.15, -0.1) is 0 Å². The molecule has 1 aromatic heterocycles. The standard InChI is InChI=1S/C27H25FN4O3/c1-18-13-21(28)7-12-24(18)31-27(34)25-16-32(17-29-25)15-20-3-8-22(9-4-20)30-26(33)14-19-5-10-23(35-2)11-6-19/h3-13,16-17H,14-15H2,1-2H3,(H,30,33)(H,31,34). The highest BCUT2D eigenvalue weighted by molar-refractivity contribution is 6.03. The Kier molecular flexibility index (Phi) is 7.21. The van der Waals surface area contributed by atoms with Crippen LogP contribution >= 0.6 is 0 Å². The molecule has 0 aliphatic rings. The van der Waals surface area contributed by atoms with Crippen molar-refractivity contribution in [2.75, 3.05) is 17.7 Å². The van der Waals surface area contributed by atoms with Gasteiger partial charge in [-0.3, -0.25) is 9.59 Å². The van der Waals surface area contributed by atoms with E-state index >= 15 is 0 Å². The molecule has 0 aliphatic heterocycles. The van der Waals surface area contributed by atoms with E-state index in [2.05, 4.69) is 15.6 Å². The first kappa shape index (κ1) is 23.7. The summed E-state index contributed by atoms with van der Waals surface area (Å²) in [5, 5.41) is 5.65. The van der Waals surface area contributed by atoms with Crippen molar-refractivity contribution in [3.05, 3.63) is 107 Å². The van der Waals surface area contributed by atoms with Gasteiger partial charge in [0.1, 0.15) is 17.3 Å². The molecule has 3 aromatic carbocycles. The van der Waals surface area contributed by atoms with Crippen LogP contribution in [0.25, 0.3) is 0 Å². The number of carbonyl (C=O) groups excluding carboxylic acids is 2. The first-order chi connectivity index (χ1) is 16.9. The summed E-state index contributed by atoms with van der Waals surface area (Å²) in [6, 6.07) is 19.0. The van der Waals surface area contributed by atoms with Crippen LogP contribution in [0.15, 0.2) is 79.3 Å². The number of amides is 2. The zero-order valence-electron chi connectivity index (χ0n) is 19.4. The lowest BCUT2D eigenvalue weighted by Gasteiger charge is -2.08. The van der Waals surface area contributed by atoms with Gasteiger partial charge in [-0.1, -0.05) is 24.3 Å². The van der Waals surface area contributed by atoms with Crippen LogP contribution in [0, 0.1) is 12.7 Å². The maximum atomic E-state index is 13.3. The van der Waals surface area contributed by atoms with Gasteiger partial charge < -0.3 is 19.9 Å². The average molecular weight is 473 g/mol. The molecule has 2 N–H and O–H groups in total. The van der Waals surface area contributed by atoms with Crippen LogP contribution in [0.5, 0.6) is 5.75 Å². The highest BCUT2D eigenvalue weighted by atomic mass is 19.1. The van der Waals surface area contributed by atoms with Gasteiger partial charge in [0.15, 0.2) is 0 Å². The molecule has 0 bridgehead atoms. The number of halogens is 1. The lowest BCUT2D eigenvalue weighted by Crippen LogP contribution is -2.14. The summed E-state index contributed by atoms with van der Waals surface area (Å²) < 4.78 is 20.2. The number of aromatic nitrogens is 2. The molecule has 7 nitrogen and oxygen atoms in total. The summed E-state index contributed by atoms with van der Waals surface area (Å²) in [7, 11) is 1.60. The molecular formula is C27H25FN4O3. The van der Waals surface area contributed by atoms with E-state index in [4.69, 9.17) is 4.74 Å². The second-order valence-corrected chi connectivity index (χ2v) is 8.11. The number of methoxy groups -OCH3 is 1. The Balaban J connectivity index is 1.31. The Bertz CT molecular complexity index is 1330. The van der Waals surface area contributed by atoms with Crippen LogP contribution in [0.3, 0.4) is 0 Å². The number of ether oxygens (including phenoxy) is 1. The van der Waals surface area contributed by atoms with Crippen molar-refractivity contribution >= 4 is 23.2 Å². The first-order valence-corrected chi connectivity index (χ1v) is 11.0. The van der Waals surface area contributed by atoms with E-state index < -0.39 is 0 Å². The quantitative estimate of drug-likeness (QED) is 0.385. The largest absolute Gasteiger partial charge is 0.497 e. The van der Waals surface area contributed by atoms with Crippen molar-refractivity contribution in [1.82, 2.24) is 9.55 Å². The highest BCUT2D eigenvalue weighted by Crippen LogP contribution is 2.17. The van der Waals surface area contributed by atoms with Crippen molar-refractivity contribution in [3.8, 4) is 5.75 Å². The van der Waals surface area contributed by atoms with Crippen molar-refractivity contribution in [2.24, 2.45) is 0 Å². The average Bonchev–Trinajstić information content (AvgIpc) is 3.31. The summed E-state index contributed by atoms with van der Waals surface area (Å²) in [6.07, 6.45) is 3.50. The van der Waals surface area contributed by atoms with E-state index in [-0.39, 0.29) is 29.7 Å². The number of hydrogen-bond acceptors (Lipinski definition) is 4. The minimum atomic E-state index is -0.367. The third-order valence-corrected chi connectivity index (χ3v) is 5.43. The van der Waals surface area contributed by atoms with Crippen LogP contribution in [0.4, 0.5) is 15.8 Å². The van der Waals surface area contributed by atoms with Gasteiger partial charge in [0.25, 0.3) is 5.91 Å².